The van der Waals surface area contributed by atoms with Crippen LogP contribution in [-0.4, -0.2) is 9.55 Å². The van der Waals surface area contributed by atoms with Gasteiger partial charge in [0, 0.05) is 10.6 Å². The summed E-state index contributed by atoms with van der Waals surface area (Å²) in [5, 5.41) is 1.08. The average Bonchev–Trinajstić information content (AvgIpc) is 2.47. The number of aromatic amines is 2. The van der Waals surface area contributed by atoms with Gasteiger partial charge in [0.25, 0.3) is 11.2 Å². The van der Waals surface area contributed by atoms with Crippen molar-refractivity contribution in [3.63, 3.8) is 0 Å². The lowest BCUT2D eigenvalue weighted by molar-refractivity contribution is -0.350. The topological polar surface area (TPSA) is 69.0 Å². The van der Waals surface area contributed by atoms with Crippen molar-refractivity contribution in [3.8, 4) is 11.1 Å². The maximum Gasteiger partial charge on any atom is 0.416 e. The minimum Gasteiger partial charge on any atom is -0.268 e. The van der Waals surface area contributed by atoms with Gasteiger partial charge in [-0.05, 0) is 37.6 Å². The van der Waals surface area contributed by atoms with Gasteiger partial charge in [-0.25, -0.2) is 9.78 Å². The monoisotopic (exact) mass is 316 g/mol. The maximum atomic E-state index is 12.3. The fraction of sp³-hybridized carbons (Fsp3) is 0.188. The van der Waals surface area contributed by atoms with Gasteiger partial charge >= 0.3 is 5.69 Å². The minimum atomic E-state index is -0.419. The molecule has 0 saturated carbocycles. The zero-order valence-corrected chi connectivity index (χ0v) is 12.9. The third-order valence-corrected chi connectivity index (χ3v) is 3.81. The molecule has 2 aromatic heterocycles. The van der Waals surface area contributed by atoms with E-state index < -0.39 is 11.2 Å². The standard InChI is InChI=1S/C16H14ClN3O2/c1-9(2)20-14-13(15(21)19-16(20)22)12(7-8-18-14)10-3-5-11(17)6-4-10/h3-9H,1-2H3,(H,19,21,22)/p+1. The van der Waals surface area contributed by atoms with Gasteiger partial charge in [-0.2, -0.15) is 4.57 Å². The van der Waals surface area contributed by atoms with E-state index in [2.05, 4.69) is 9.97 Å². The van der Waals surface area contributed by atoms with Crippen molar-refractivity contribution >= 4 is 22.6 Å². The molecule has 3 rings (SSSR count). The molecule has 0 bridgehead atoms. The molecule has 0 spiro atoms. The number of nitrogens with one attached hydrogen (secondary N) is 2. The lowest BCUT2D eigenvalue weighted by Crippen LogP contribution is -2.34. The number of H-pyrrole nitrogens is 2. The zero-order valence-electron chi connectivity index (χ0n) is 12.2. The quantitative estimate of drug-likeness (QED) is 0.788. The highest BCUT2D eigenvalue weighted by molar-refractivity contribution is 6.30. The summed E-state index contributed by atoms with van der Waals surface area (Å²) in [5.74, 6) is 0. The second-order valence-electron chi connectivity index (χ2n) is 5.34. The molecule has 0 amide bonds. The normalized spacial score (nSPS) is 11.3. The Balaban J connectivity index is 2.43. The van der Waals surface area contributed by atoms with Gasteiger partial charge in [0.2, 0.25) is 0 Å². The number of nitrogens with zero attached hydrogens (tertiary/aromatic N) is 1. The SMILES string of the molecule is CC(C)n1c(=O)[nH]c(=O)c2c(-c3ccc(Cl)cc3)cc[nH+]c21. The molecule has 112 valence electrons. The van der Waals surface area contributed by atoms with E-state index in [1.54, 1.807) is 18.3 Å². The predicted octanol–water partition coefficient (Wildman–Crippen LogP) is 2.41. The Hall–Kier alpha value is -2.40. The molecule has 0 radical (unpaired) electrons. The molecule has 0 atom stereocenters. The first kappa shape index (κ1) is 14.5. The van der Waals surface area contributed by atoms with Crippen LogP contribution in [0.5, 0.6) is 0 Å². The Morgan fingerprint density at radius 2 is 1.82 bits per heavy atom. The van der Waals surface area contributed by atoms with E-state index in [9.17, 15) is 9.59 Å². The van der Waals surface area contributed by atoms with Crippen molar-refractivity contribution in [2.75, 3.05) is 0 Å². The summed E-state index contributed by atoms with van der Waals surface area (Å²) in [7, 11) is 0. The Kier molecular flexibility index (Phi) is 3.58. The Bertz CT molecular complexity index is 956. The number of fused-ring (bicyclic) bond motifs is 1. The molecule has 2 N–H and O–H groups in total. The first-order valence-corrected chi connectivity index (χ1v) is 7.32. The van der Waals surface area contributed by atoms with Crippen LogP contribution < -0.4 is 16.2 Å². The largest absolute Gasteiger partial charge is 0.416 e. The fourth-order valence-corrected chi connectivity index (χ4v) is 2.72. The molecule has 2 heterocycles. The van der Waals surface area contributed by atoms with Gasteiger partial charge in [-0.3, -0.25) is 9.78 Å². The van der Waals surface area contributed by atoms with Crippen LogP contribution in [0.25, 0.3) is 22.2 Å². The number of benzene rings is 1. The van der Waals surface area contributed by atoms with Crippen molar-refractivity contribution in [2.45, 2.75) is 19.9 Å². The van der Waals surface area contributed by atoms with E-state index in [0.717, 1.165) is 11.1 Å². The van der Waals surface area contributed by atoms with Crippen LogP contribution in [-0.2, 0) is 0 Å². The summed E-state index contributed by atoms with van der Waals surface area (Å²) >= 11 is 5.92. The highest BCUT2D eigenvalue weighted by Gasteiger charge is 2.20. The van der Waals surface area contributed by atoms with E-state index in [0.29, 0.717) is 16.1 Å². The Morgan fingerprint density at radius 3 is 2.45 bits per heavy atom. The molecular weight excluding hydrogens is 302 g/mol. The Labute approximate surface area is 131 Å². The van der Waals surface area contributed by atoms with Gasteiger partial charge in [0.05, 0.1) is 6.20 Å². The molecule has 1 aromatic carbocycles. The van der Waals surface area contributed by atoms with Crippen LogP contribution in [0.1, 0.15) is 19.9 Å². The predicted molar refractivity (Wildman–Crippen MR) is 86.2 cm³/mol. The molecule has 0 aliphatic heterocycles. The molecule has 6 heteroatoms. The van der Waals surface area contributed by atoms with E-state index in [1.807, 2.05) is 32.0 Å². The van der Waals surface area contributed by atoms with Crippen LogP contribution >= 0.6 is 11.6 Å². The van der Waals surface area contributed by atoms with E-state index in [4.69, 9.17) is 11.6 Å². The number of hydrogen-bond donors (Lipinski definition) is 1. The smallest absolute Gasteiger partial charge is 0.268 e. The van der Waals surface area contributed by atoms with Gasteiger partial charge in [0.15, 0.2) is 0 Å². The first-order chi connectivity index (χ1) is 10.5. The number of hydrogen-bond acceptors (Lipinski definition) is 2. The van der Waals surface area contributed by atoms with Crippen LogP contribution in [0, 0.1) is 0 Å². The summed E-state index contributed by atoms with van der Waals surface area (Å²) in [6.07, 6.45) is 1.73. The number of halogens is 1. The van der Waals surface area contributed by atoms with Crippen LogP contribution in [0.2, 0.25) is 5.02 Å². The van der Waals surface area contributed by atoms with Crippen molar-refractivity contribution in [2.24, 2.45) is 0 Å². The molecule has 0 unspecified atom stereocenters. The lowest BCUT2D eigenvalue weighted by atomic mass is 10.0. The minimum absolute atomic E-state index is 0.0800. The van der Waals surface area contributed by atoms with Crippen molar-refractivity contribution in [1.82, 2.24) is 9.55 Å². The van der Waals surface area contributed by atoms with E-state index in [1.165, 1.54) is 4.57 Å². The van der Waals surface area contributed by atoms with Crippen LogP contribution in [0.4, 0.5) is 0 Å². The zero-order chi connectivity index (χ0) is 15.9. The summed E-state index contributed by atoms with van der Waals surface area (Å²) in [5.41, 5.74) is 1.30. The van der Waals surface area contributed by atoms with E-state index >= 15 is 0 Å². The second kappa shape index (κ2) is 5.42. The summed E-state index contributed by atoms with van der Waals surface area (Å²) in [6.45, 7) is 3.78. The number of aromatic nitrogens is 3. The van der Waals surface area contributed by atoms with Gasteiger partial charge in [0.1, 0.15) is 11.4 Å². The van der Waals surface area contributed by atoms with Gasteiger partial charge < -0.3 is 0 Å². The number of rotatable bonds is 2. The van der Waals surface area contributed by atoms with Gasteiger partial charge in [-0.15, -0.1) is 0 Å². The summed E-state index contributed by atoms with van der Waals surface area (Å²) in [4.78, 5) is 29.8. The summed E-state index contributed by atoms with van der Waals surface area (Å²) in [6, 6.07) is 8.97. The summed E-state index contributed by atoms with van der Waals surface area (Å²) < 4.78 is 1.54. The lowest BCUT2D eigenvalue weighted by Gasteiger charge is -2.08. The average molecular weight is 317 g/mol. The first-order valence-electron chi connectivity index (χ1n) is 6.94. The molecule has 0 aliphatic carbocycles. The van der Waals surface area contributed by atoms with Gasteiger partial charge in [-0.1, -0.05) is 23.7 Å². The molecule has 0 saturated heterocycles. The number of pyridine rings is 1. The van der Waals surface area contributed by atoms with Crippen LogP contribution in [0.3, 0.4) is 0 Å². The maximum absolute atomic E-state index is 12.3. The van der Waals surface area contributed by atoms with Crippen molar-refractivity contribution in [3.05, 3.63) is 62.4 Å². The van der Waals surface area contributed by atoms with Crippen molar-refractivity contribution in [1.29, 1.82) is 0 Å². The van der Waals surface area contributed by atoms with Crippen LogP contribution in [0.15, 0.2) is 46.1 Å². The van der Waals surface area contributed by atoms with Crippen molar-refractivity contribution < 1.29 is 4.98 Å². The third kappa shape index (κ3) is 2.33. The third-order valence-electron chi connectivity index (χ3n) is 3.56. The molecule has 22 heavy (non-hydrogen) atoms. The molecule has 3 aromatic rings. The molecule has 5 nitrogen and oxygen atoms in total. The highest BCUT2D eigenvalue weighted by Crippen LogP contribution is 2.25. The molecule has 0 aliphatic rings. The highest BCUT2D eigenvalue weighted by atomic mass is 35.5. The van der Waals surface area contributed by atoms with E-state index in [-0.39, 0.29) is 6.04 Å². The fourth-order valence-electron chi connectivity index (χ4n) is 2.59. The second-order valence-corrected chi connectivity index (χ2v) is 5.78. The Morgan fingerprint density at radius 1 is 1.14 bits per heavy atom. The molecule has 0 fully saturated rings. The molecular formula is C16H15ClN3O2+.